The fourth-order valence-electron chi connectivity index (χ4n) is 2.71. The van der Waals surface area contributed by atoms with Gasteiger partial charge in [0.25, 0.3) is 0 Å². The van der Waals surface area contributed by atoms with Crippen LogP contribution >= 0.6 is 11.3 Å². The fraction of sp³-hybridized carbons (Fsp3) is 0.136. The molecule has 0 aliphatic heterocycles. The number of nitrogen functional groups attached to an aromatic ring is 1. The van der Waals surface area contributed by atoms with Gasteiger partial charge < -0.3 is 16.4 Å². The number of aromatic nitrogens is 1. The number of nitrogens with zero attached hydrogens (tertiary/aromatic N) is 1. The second-order valence-electron chi connectivity index (χ2n) is 6.33. The Kier molecular flexibility index (Phi) is 6.28. The number of hydrogen-bond acceptors (Lipinski definition) is 5. The normalized spacial score (nSPS) is 10.4. The summed E-state index contributed by atoms with van der Waals surface area (Å²) in [7, 11) is 0. The van der Waals surface area contributed by atoms with Crippen LogP contribution in [0.25, 0.3) is 5.70 Å². The van der Waals surface area contributed by atoms with Crippen LogP contribution in [-0.4, -0.2) is 4.98 Å². The summed E-state index contributed by atoms with van der Waals surface area (Å²) in [6, 6.07) is 13.8. The maximum Gasteiger partial charge on any atom is 0.0618 e. The highest BCUT2D eigenvalue weighted by Crippen LogP contribution is 2.29. The van der Waals surface area contributed by atoms with E-state index in [1.165, 1.54) is 5.56 Å². The average molecular weight is 377 g/mol. The maximum atomic E-state index is 5.98. The molecule has 3 rings (SSSR count). The average Bonchev–Trinajstić information content (AvgIpc) is 3.13. The molecule has 0 saturated carbocycles. The van der Waals surface area contributed by atoms with Crippen molar-refractivity contribution in [3.8, 4) is 0 Å². The maximum absolute atomic E-state index is 5.98. The zero-order valence-electron chi connectivity index (χ0n) is 15.2. The van der Waals surface area contributed by atoms with E-state index in [1.807, 2.05) is 36.5 Å². The molecule has 0 radical (unpaired) electrons. The molecule has 0 aliphatic rings. The first kappa shape index (κ1) is 18.7. The number of hydrogen-bond donors (Lipinski definition) is 3. The highest BCUT2D eigenvalue weighted by molar-refractivity contribution is 7.11. The van der Waals surface area contributed by atoms with Gasteiger partial charge in [-0.15, -0.1) is 11.3 Å². The van der Waals surface area contributed by atoms with Crippen molar-refractivity contribution in [2.24, 2.45) is 0 Å². The van der Waals surface area contributed by atoms with Crippen molar-refractivity contribution >= 4 is 34.1 Å². The van der Waals surface area contributed by atoms with E-state index in [4.69, 9.17) is 5.73 Å². The predicted molar refractivity (Wildman–Crippen MR) is 118 cm³/mol. The fourth-order valence-corrected chi connectivity index (χ4v) is 3.48. The molecular formula is C22H24N4S. The quantitative estimate of drug-likeness (QED) is 0.416. The monoisotopic (exact) mass is 376 g/mol. The summed E-state index contributed by atoms with van der Waals surface area (Å²) in [4.78, 5) is 5.21. The number of para-hydroxylation sites is 2. The Hall–Kier alpha value is -3.05. The third-order valence-corrected chi connectivity index (χ3v) is 5.12. The van der Waals surface area contributed by atoms with Crippen molar-refractivity contribution in [2.75, 3.05) is 16.4 Å². The Balaban J connectivity index is 1.49. The van der Waals surface area contributed by atoms with E-state index in [9.17, 15) is 0 Å². The SMILES string of the molecule is C=C(CCCc1cccnc1)Nc1csc(C(=C)Nc2ccccc2N)c1. The third kappa shape index (κ3) is 5.46. The standard InChI is InChI=1S/C22H24N4S/c1-16(7-5-8-18-9-6-12-24-14-18)25-19-13-22(27-15-19)17(2)26-21-11-4-3-10-20(21)23/h3-4,6,9-15,25-26H,1-2,5,7-8,23H2. The smallest absolute Gasteiger partial charge is 0.0618 e. The Morgan fingerprint density at radius 1 is 1.11 bits per heavy atom. The van der Waals surface area contributed by atoms with E-state index in [0.29, 0.717) is 5.69 Å². The van der Waals surface area contributed by atoms with Crippen molar-refractivity contribution in [2.45, 2.75) is 19.3 Å². The molecule has 138 valence electrons. The van der Waals surface area contributed by atoms with Crippen LogP contribution in [0.5, 0.6) is 0 Å². The van der Waals surface area contributed by atoms with Gasteiger partial charge in [0.05, 0.1) is 16.3 Å². The Morgan fingerprint density at radius 3 is 2.74 bits per heavy atom. The van der Waals surface area contributed by atoms with Crippen LogP contribution in [0.15, 0.2) is 79.1 Å². The number of nitrogens with one attached hydrogen (secondary N) is 2. The van der Waals surface area contributed by atoms with Crippen molar-refractivity contribution in [1.29, 1.82) is 0 Å². The first-order chi connectivity index (χ1) is 13.1. The molecule has 2 heterocycles. The molecule has 0 unspecified atom stereocenters. The first-order valence-electron chi connectivity index (χ1n) is 8.85. The lowest BCUT2D eigenvalue weighted by Gasteiger charge is -2.10. The number of nitrogens with two attached hydrogens (primary N) is 1. The van der Waals surface area contributed by atoms with Gasteiger partial charge in [-0.1, -0.05) is 31.4 Å². The number of thiophene rings is 1. The van der Waals surface area contributed by atoms with Gasteiger partial charge >= 0.3 is 0 Å². The topological polar surface area (TPSA) is 63.0 Å². The Morgan fingerprint density at radius 2 is 1.96 bits per heavy atom. The minimum Gasteiger partial charge on any atom is -0.397 e. The van der Waals surface area contributed by atoms with Gasteiger partial charge in [-0.05, 0) is 49.1 Å². The highest BCUT2D eigenvalue weighted by atomic mass is 32.1. The molecule has 0 aliphatic carbocycles. The summed E-state index contributed by atoms with van der Waals surface area (Å²) in [6.07, 6.45) is 6.67. The van der Waals surface area contributed by atoms with E-state index in [0.717, 1.165) is 46.9 Å². The summed E-state index contributed by atoms with van der Waals surface area (Å²) in [6.45, 7) is 8.26. The van der Waals surface area contributed by atoms with Gasteiger partial charge in [-0.2, -0.15) is 0 Å². The van der Waals surface area contributed by atoms with Gasteiger partial charge in [0.15, 0.2) is 0 Å². The predicted octanol–water partition coefficient (Wildman–Crippen LogP) is 5.76. The number of rotatable bonds is 9. The lowest BCUT2D eigenvalue weighted by Crippen LogP contribution is -2.00. The first-order valence-corrected chi connectivity index (χ1v) is 9.73. The van der Waals surface area contributed by atoms with E-state index < -0.39 is 0 Å². The number of benzene rings is 1. The molecule has 0 saturated heterocycles. The molecule has 4 N–H and O–H groups in total. The molecular weight excluding hydrogens is 352 g/mol. The lowest BCUT2D eigenvalue weighted by molar-refractivity contribution is 0.813. The molecule has 4 nitrogen and oxygen atoms in total. The molecule has 0 amide bonds. The van der Waals surface area contributed by atoms with Gasteiger partial charge in [0.2, 0.25) is 0 Å². The Labute approximate surface area is 164 Å². The molecule has 5 heteroatoms. The van der Waals surface area contributed by atoms with E-state index >= 15 is 0 Å². The van der Waals surface area contributed by atoms with Gasteiger partial charge in [0.1, 0.15) is 0 Å². The molecule has 1 aromatic carbocycles. The molecule has 0 atom stereocenters. The minimum absolute atomic E-state index is 0.704. The summed E-state index contributed by atoms with van der Waals surface area (Å²) >= 11 is 1.63. The highest BCUT2D eigenvalue weighted by Gasteiger charge is 2.06. The lowest BCUT2D eigenvalue weighted by atomic mass is 10.1. The number of anilines is 3. The number of pyridine rings is 1. The summed E-state index contributed by atoms with van der Waals surface area (Å²) in [5.74, 6) is 0. The van der Waals surface area contributed by atoms with Crippen LogP contribution in [0.3, 0.4) is 0 Å². The summed E-state index contributed by atoms with van der Waals surface area (Å²) < 4.78 is 0. The summed E-state index contributed by atoms with van der Waals surface area (Å²) in [5, 5.41) is 8.74. The summed E-state index contributed by atoms with van der Waals surface area (Å²) in [5.41, 5.74) is 11.7. The van der Waals surface area contributed by atoms with Gasteiger partial charge in [0, 0.05) is 34.9 Å². The van der Waals surface area contributed by atoms with Gasteiger partial charge in [-0.3, -0.25) is 4.98 Å². The number of allylic oxidation sites excluding steroid dienone is 1. The molecule has 0 spiro atoms. The molecule has 3 aromatic rings. The van der Waals surface area contributed by atoms with Crippen LogP contribution in [0.4, 0.5) is 17.1 Å². The molecule has 0 fully saturated rings. The minimum atomic E-state index is 0.704. The molecule has 0 bridgehead atoms. The largest absolute Gasteiger partial charge is 0.397 e. The molecule has 27 heavy (non-hydrogen) atoms. The second kappa shape index (κ2) is 9.05. The van der Waals surface area contributed by atoms with Crippen LogP contribution in [-0.2, 0) is 6.42 Å². The molecule has 2 aromatic heterocycles. The van der Waals surface area contributed by atoms with Crippen molar-refractivity contribution in [3.63, 3.8) is 0 Å². The third-order valence-electron chi connectivity index (χ3n) is 4.13. The van der Waals surface area contributed by atoms with E-state index in [-0.39, 0.29) is 0 Å². The zero-order chi connectivity index (χ0) is 19.1. The van der Waals surface area contributed by atoms with Crippen molar-refractivity contribution < 1.29 is 0 Å². The van der Waals surface area contributed by atoms with Crippen molar-refractivity contribution in [3.05, 3.63) is 89.5 Å². The van der Waals surface area contributed by atoms with Crippen molar-refractivity contribution in [1.82, 2.24) is 4.98 Å². The van der Waals surface area contributed by atoms with Crippen LogP contribution < -0.4 is 16.4 Å². The Bertz CT molecular complexity index is 915. The number of aryl methyl sites for hydroxylation is 1. The second-order valence-corrected chi connectivity index (χ2v) is 7.25. The van der Waals surface area contributed by atoms with E-state index in [1.54, 1.807) is 17.5 Å². The zero-order valence-corrected chi connectivity index (χ0v) is 16.1. The van der Waals surface area contributed by atoms with Crippen LogP contribution in [0.1, 0.15) is 23.3 Å². The van der Waals surface area contributed by atoms with Crippen LogP contribution in [0, 0.1) is 0 Å². The van der Waals surface area contributed by atoms with Gasteiger partial charge in [-0.25, -0.2) is 0 Å². The van der Waals surface area contributed by atoms with E-state index in [2.05, 4.69) is 46.3 Å². The van der Waals surface area contributed by atoms with Crippen LogP contribution in [0.2, 0.25) is 0 Å².